The quantitative estimate of drug-likeness (QED) is 0.855. The summed E-state index contributed by atoms with van der Waals surface area (Å²) in [6, 6.07) is 1.87. The Balaban J connectivity index is 2.01. The molecule has 6 nitrogen and oxygen atoms in total. The van der Waals surface area contributed by atoms with Crippen molar-refractivity contribution in [1.82, 2.24) is 14.7 Å². The molecule has 0 aliphatic rings. The Bertz CT molecular complexity index is 687. The lowest BCUT2D eigenvalue weighted by molar-refractivity contribution is -0.131. The molecule has 0 aliphatic heterocycles. The third kappa shape index (κ3) is 4.03. The summed E-state index contributed by atoms with van der Waals surface area (Å²) in [5.74, 6) is -1.08. The van der Waals surface area contributed by atoms with E-state index >= 15 is 0 Å². The molecule has 0 aliphatic carbocycles. The predicted molar refractivity (Wildman–Crippen MR) is 80.0 cm³/mol. The van der Waals surface area contributed by atoms with E-state index in [4.69, 9.17) is 5.11 Å². The topological polar surface area (TPSA) is 75.4 Å². The second-order valence-electron chi connectivity index (χ2n) is 4.58. The van der Waals surface area contributed by atoms with Crippen molar-refractivity contribution in [3.05, 3.63) is 45.9 Å². The van der Waals surface area contributed by atoms with Crippen LogP contribution in [0.4, 0.5) is 0 Å². The highest BCUT2D eigenvalue weighted by Gasteiger charge is 2.14. The minimum atomic E-state index is -0.980. The zero-order valence-corrected chi connectivity index (χ0v) is 12.5. The molecule has 0 fully saturated rings. The fourth-order valence-electron chi connectivity index (χ4n) is 1.79. The first-order valence-electron chi connectivity index (χ1n) is 6.18. The molecule has 7 heteroatoms. The third-order valence-corrected chi connectivity index (χ3v) is 3.72. The molecule has 2 aromatic rings. The average molecular weight is 305 g/mol. The molecule has 0 bridgehead atoms. The maximum Gasteiger partial charge on any atom is 0.328 e. The maximum absolute atomic E-state index is 12.2. The van der Waals surface area contributed by atoms with Crippen LogP contribution in [0, 0.1) is 0 Å². The van der Waals surface area contributed by atoms with Gasteiger partial charge >= 0.3 is 5.97 Å². The molecule has 0 saturated heterocycles. The van der Waals surface area contributed by atoms with Crippen LogP contribution in [0.15, 0.2) is 29.9 Å². The molecule has 2 rings (SSSR count). The Labute approximate surface area is 125 Å². The maximum atomic E-state index is 12.2. The molecule has 2 aromatic heterocycles. The second-order valence-corrected chi connectivity index (χ2v) is 5.58. The number of nitrogens with zero attached hydrogens (tertiary/aromatic N) is 3. The van der Waals surface area contributed by atoms with Gasteiger partial charge in [-0.1, -0.05) is 0 Å². The van der Waals surface area contributed by atoms with E-state index < -0.39 is 5.97 Å². The molecule has 110 valence electrons. The zero-order valence-electron chi connectivity index (χ0n) is 11.7. The lowest BCUT2D eigenvalue weighted by Crippen LogP contribution is -2.25. The number of aliphatic carboxylic acids is 1. The highest BCUT2D eigenvalue weighted by molar-refractivity contribution is 7.10. The first kappa shape index (κ1) is 15.0. The Morgan fingerprint density at radius 3 is 2.90 bits per heavy atom. The molecule has 21 heavy (non-hydrogen) atoms. The minimum Gasteiger partial charge on any atom is -0.478 e. The number of aryl methyl sites for hydroxylation is 1. The third-order valence-electron chi connectivity index (χ3n) is 2.78. The van der Waals surface area contributed by atoms with E-state index in [1.54, 1.807) is 29.9 Å². The number of carboxylic acid groups (broad SMARTS) is 1. The van der Waals surface area contributed by atoms with Gasteiger partial charge in [-0.05, 0) is 23.1 Å². The van der Waals surface area contributed by atoms with Crippen LogP contribution in [0.25, 0.3) is 6.08 Å². The van der Waals surface area contributed by atoms with Crippen LogP contribution in [-0.2, 0) is 18.4 Å². The van der Waals surface area contributed by atoms with Gasteiger partial charge in [-0.2, -0.15) is 5.10 Å². The SMILES string of the molecule is CN(Cc1cc(C=CC(=O)O)cs1)C(=O)c1cnn(C)c1. The number of carbonyl (C=O) groups is 2. The molecule has 2 heterocycles. The normalized spacial score (nSPS) is 11.0. The highest BCUT2D eigenvalue weighted by Crippen LogP contribution is 2.18. The number of carbonyl (C=O) groups excluding carboxylic acids is 1. The summed E-state index contributed by atoms with van der Waals surface area (Å²) in [6.45, 7) is 0.472. The Morgan fingerprint density at radius 2 is 2.29 bits per heavy atom. The van der Waals surface area contributed by atoms with Gasteiger partial charge < -0.3 is 10.0 Å². The molecule has 0 atom stereocenters. The molecular formula is C14H15N3O3S. The number of carboxylic acids is 1. The van der Waals surface area contributed by atoms with Crippen molar-refractivity contribution in [3.63, 3.8) is 0 Å². The van der Waals surface area contributed by atoms with E-state index in [0.29, 0.717) is 12.1 Å². The van der Waals surface area contributed by atoms with Crippen molar-refractivity contribution in [3.8, 4) is 0 Å². The summed E-state index contributed by atoms with van der Waals surface area (Å²) in [6.07, 6.45) is 5.84. The van der Waals surface area contributed by atoms with Gasteiger partial charge in [0.25, 0.3) is 5.91 Å². The molecule has 0 spiro atoms. The average Bonchev–Trinajstić information content (AvgIpc) is 3.04. The highest BCUT2D eigenvalue weighted by atomic mass is 32.1. The minimum absolute atomic E-state index is 0.0980. The van der Waals surface area contributed by atoms with Gasteiger partial charge in [-0.25, -0.2) is 4.79 Å². The summed E-state index contributed by atoms with van der Waals surface area (Å²) >= 11 is 1.49. The van der Waals surface area contributed by atoms with Gasteiger partial charge in [0.1, 0.15) is 0 Å². The molecule has 1 amide bonds. The molecule has 0 aromatic carbocycles. The largest absolute Gasteiger partial charge is 0.478 e. The van der Waals surface area contributed by atoms with Crippen LogP contribution in [-0.4, -0.2) is 38.7 Å². The van der Waals surface area contributed by atoms with E-state index in [9.17, 15) is 9.59 Å². The van der Waals surface area contributed by atoms with E-state index in [1.807, 2.05) is 11.4 Å². The van der Waals surface area contributed by atoms with Crippen LogP contribution in [0.5, 0.6) is 0 Å². The molecule has 0 unspecified atom stereocenters. The summed E-state index contributed by atoms with van der Waals surface area (Å²) in [7, 11) is 3.49. The van der Waals surface area contributed by atoms with Crippen LogP contribution in [0.2, 0.25) is 0 Å². The van der Waals surface area contributed by atoms with Gasteiger partial charge in [0.05, 0.1) is 18.3 Å². The first-order chi connectivity index (χ1) is 9.95. The molecule has 0 radical (unpaired) electrons. The van der Waals surface area contributed by atoms with Gasteiger partial charge in [-0.3, -0.25) is 9.48 Å². The van der Waals surface area contributed by atoms with Crippen molar-refractivity contribution >= 4 is 29.3 Å². The summed E-state index contributed by atoms with van der Waals surface area (Å²) in [5.41, 5.74) is 1.36. The van der Waals surface area contributed by atoms with Crippen molar-refractivity contribution < 1.29 is 14.7 Å². The number of hydrogen-bond acceptors (Lipinski definition) is 4. The zero-order chi connectivity index (χ0) is 15.4. The second kappa shape index (κ2) is 6.36. The standard InChI is InChI=1S/C14H15N3O3S/c1-16(14(20)11-6-15-17(2)7-11)8-12-5-10(9-21-12)3-4-13(18)19/h3-7,9H,8H2,1-2H3,(H,18,19). The summed E-state index contributed by atoms with van der Waals surface area (Å²) in [5, 5.41) is 14.4. The number of rotatable bonds is 5. The van der Waals surface area contributed by atoms with Crippen molar-refractivity contribution in [1.29, 1.82) is 0 Å². The fourth-order valence-corrected chi connectivity index (χ4v) is 2.70. The summed E-state index contributed by atoms with van der Waals surface area (Å²) in [4.78, 5) is 25.2. The number of amides is 1. The number of aromatic nitrogens is 2. The van der Waals surface area contributed by atoms with Crippen molar-refractivity contribution in [2.75, 3.05) is 7.05 Å². The van der Waals surface area contributed by atoms with E-state index in [1.165, 1.54) is 23.6 Å². The van der Waals surface area contributed by atoms with Gasteiger partial charge in [-0.15, -0.1) is 11.3 Å². The Kier molecular flexibility index (Phi) is 4.54. The van der Waals surface area contributed by atoms with E-state index in [-0.39, 0.29) is 5.91 Å². The monoisotopic (exact) mass is 305 g/mol. The predicted octanol–water partition coefficient (Wildman–Crippen LogP) is 1.85. The van der Waals surface area contributed by atoms with Crippen LogP contribution >= 0.6 is 11.3 Å². The smallest absolute Gasteiger partial charge is 0.328 e. The van der Waals surface area contributed by atoms with Gasteiger partial charge in [0, 0.05) is 31.2 Å². The summed E-state index contributed by atoms with van der Waals surface area (Å²) < 4.78 is 1.58. The van der Waals surface area contributed by atoms with E-state index in [0.717, 1.165) is 16.5 Å². The molecule has 0 saturated carbocycles. The number of thiophene rings is 1. The lowest BCUT2D eigenvalue weighted by Gasteiger charge is -2.14. The molecule has 1 N–H and O–H groups in total. The van der Waals surface area contributed by atoms with Crippen LogP contribution in [0.1, 0.15) is 20.8 Å². The first-order valence-corrected chi connectivity index (χ1v) is 7.06. The fraction of sp³-hybridized carbons (Fsp3) is 0.214. The lowest BCUT2D eigenvalue weighted by atomic mass is 10.2. The van der Waals surface area contributed by atoms with Gasteiger partial charge in [0.15, 0.2) is 0 Å². The van der Waals surface area contributed by atoms with E-state index in [2.05, 4.69) is 5.10 Å². The van der Waals surface area contributed by atoms with Crippen LogP contribution < -0.4 is 0 Å². The Morgan fingerprint density at radius 1 is 1.52 bits per heavy atom. The number of hydrogen-bond donors (Lipinski definition) is 1. The van der Waals surface area contributed by atoms with Gasteiger partial charge in [0.2, 0.25) is 0 Å². The van der Waals surface area contributed by atoms with Crippen LogP contribution in [0.3, 0.4) is 0 Å². The van der Waals surface area contributed by atoms with Crippen molar-refractivity contribution in [2.24, 2.45) is 7.05 Å². The Hall–Kier alpha value is -2.41. The molecular weight excluding hydrogens is 290 g/mol. The van der Waals surface area contributed by atoms with Crippen molar-refractivity contribution in [2.45, 2.75) is 6.54 Å².